The number of carbonyl (C=O) groups excluding carboxylic acids is 1. The number of oxime groups is 1. The van der Waals surface area contributed by atoms with Crippen molar-refractivity contribution >= 4 is 17.6 Å². The molecule has 6 nitrogen and oxygen atoms in total. The van der Waals surface area contributed by atoms with Crippen molar-refractivity contribution < 1.29 is 19.9 Å². The second kappa shape index (κ2) is 12.7. The Labute approximate surface area is 213 Å². The van der Waals surface area contributed by atoms with Crippen LogP contribution in [0.3, 0.4) is 0 Å². The maximum absolute atomic E-state index is 11.9. The number of allylic oxidation sites excluding steroid dienone is 5. The summed E-state index contributed by atoms with van der Waals surface area (Å²) in [5, 5.41) is 22.7. The van der Waals surface area contributed by atoms with Gasteiger partial charge in [-0.05, 0) is 47.2 Å². The van der Waals surface area contributed by atoms with Crippen molar-refractivity contribution in [2.24, 2.45) is 11.1 Å². The van der Waals surface area contributed by atoms with Crippen LogP contribution in [0.4, 0.5) is 0 Å². The second-order valence-electron chi connectivity index (χ2n) is 9.13. The van der Waals surface area contributed by atoms with Crippen LogP contribution >= 0.6 is 0 Å². The van der Waals surface area contributed by atoms with Crippen molar-refractivity contribution in [3.05, 3.63) is 96.1 Å². The predicted molar refractivity (Wildman–Crippen MR) is 143 cm³/mol. The molecule has 0 radical (unpaired) electrons. The summed E-state index contributed by atoms with van der Waals surface area (Å²) in [7, 11) is 1.78. The molecule has 0 aliphatic carbocycles. The molecular weight excluding hydrogens is 452 g/mol. The van der Waals surface area contributed by atoms with Crippen LogP contribution in [0, 0.1) is 5.92 Å². The molecule has 1 saturated heterocycles. The molecule has 0 spiro atoms. The van der Waals surface area contributed by atoms with Crippen molar-refractivity contribution in [1.82, 2.24) is 4.90 Å². The first-order valence-electron chi connectivity index (χ1n) is 12.2. The summed E-state index contributed by atoms with van der Waals surface area (Å²) >= 11 is 0. The molecule has 1 amide bonds. The minimum Gasteiger partial charge on any atom is -0.478 e. The fraction of sp³-hybridized carbons (Fsp3) is 0.300. The highest BCUT2D eigenvalue weighted by atomic mass is 16.4. The van der Waals surface area contributed by atoms with E-state index in [2.05, 4.69) is 24.7 Å². The minimum atomic E-state index is -0.949. The highest BCUT2D eigenvalue weighted by Gasteiger charge is 2.29. The fourth-order valence-corrected chi connectivity index (χ4v) is 4.47. The van der Waals surface area contributed by atoms with Gasteiger partial charge >= 0.3 is 5.97 Å². The molecule has 2 atom stereocenters. The van der Waals surface area contributed by atoms with Crippen molar-refractivity contribution in [2.75, 3.05) is 13.6 Å². The molecule has 0 bridgehead atoms. The third-order valence-corrected chi connectivity index (χ3v) is 6.66. The lowest BCUT2D eigenvalue weighted by molar-refractivity contribution is -0.132. The molecule has 188 valence electrons. The van der Waals surface area contributed by atoms with E-state index in [4.69, 9.17) is 5.11 Å². The highest BCUT2D eigenvalue weighted by Crippen LogP contribution is 2.33. The minimum absolute atomic E-state index is 0.00369. The first-order chi connectivity index (χ1) is 17.3. The Kier molecular flexibility index (Phi) is 9.39. The van der Waals surface area contributed by atoms with E-state index in [1.807, 2.05) is 42.5 Å². The van der Waals surface area contributed by atoms with E-state index in [1.54, 1.807) is 36.2 Å². The lowest BCUT2D eigenvalue weighted by Gasteiger charge is -2.31. The zero-order chi connectivity index (χ0) is 26.1. The van der Waals surface area contributed by atoms with Crippen molar-refractivity contribution in [3.8, 4) is 11.1 Å². The third-order valence-electron chi connectivity index (χ3n) is 6.66. The number of piperidine rings is 1. The van der Waals surface area contributed by atoms with Gasteiger partial charge in [-0.2, -0.15) is 0 Å². The van der Waals surface area contributed by atoms with Crippen LogP contribution < -0.4 is 0 Å². The number of hydrogen-bond donors (Lipinski definition) is 2. The van der Waals surface area contributed by atoms with Crippen LogP contribution in [0.2, 0.25) is 0 Å². The number of likely N-dealkylation sites (tertiary alicyclic amines) is 1. The van der Waals surface area contributed by atoms with Gasteiger partial charge in [0.15, 0.2) is 0 Å². The summed E-state index contributed by atoms with van der Waals surface area (Å²) in [4.78, 5) is 24.8. The molecule has 6 heteroatoms. The molecular formula is C30H34N2O4. The number of aromatic carboxylic acids is 1. The van der Waals surface area contributed by atoms with Crippen molar-refractivity contribution in [2.45, 2.75) is 38.5 Å². The molecule has 0 saturated carbocycles. The molecule has 0 aromatic heterocycles. The van der Waals surface area contributed by atoms with E-state index in [0.717, 1.165) is 28.7 Å². The molecule has 2 aromatic carbocycles. The summed E-state index contributed by atoms with van der Waals surface area (Å²) in [6.07, 6.45) is 10.6. The van der Waals surface area contributed by atoms with Gasteiger partial charge in [-0.3, -0.25) is 4.79 Å². The molecule has 1 fully saturated rings. The Morgan fingerprint density at radius 3 is 2.33 bits per heavy atom. The average Bonchev–Trinajstić information content (AvgIpc) is 2.89. The van der Waals surface area contributed by atoms with Crippen LogP contribution in [0.5, 0.6) is 0 Å². The van der Waals surface area contributed by atoms with Crippen molar-refractivity contribution in [1.29, 1.82) is 0 Å². The number of nitrogens with zero attached hydrogens (tertiary/aromatic N) is 2. The molecule has 36 heavy (non-hydrogen) atoms. The summed E-state index contributed by atoms with van der Waals surface area (Å²) in [6.45, 7) is 6.94. The standard InChI is InChI=1S/C30H34N2O4/c1-4-5-6-7-8-21(2)27(19-28(31-36)26-17-18-29(33)32(3)20-26)24-13-9-22(10-14-24)23-11-15-25(16-12-23)30(34)35/h5-16,26-27,36H,2,4,17-20H2,1,3H3,(H,34,35)/b6-5-,8-7-,31-28+/t26?,27-/m0/s1. The maximum atomic E-state index is 11.9. The van der Waals surface area contributed by atoms with Crippen LogP contribution in [-0.4, -0.2) is 46.4 Å². The lowest BCUT2D eigenvalue weighted by atomic mass is 9.81. The van der Waals surface area contributed by atoms with E-state index in [0.29, 0.717) is 31.5 Å². The Bertz CT molecular complexity index is 1160. The zero-order valence-electron chi connectivity index (χ0n) is 20.9. The molecule has 3 rings (SSSR count). The lowest BCUT2D eigenvalue weighted by Crippen LogP contribution is -2.40. The Balaban J connectivity index is 1.86. The van der Waals surface area contributed by atoms with Gasteiger partial charge in [0, 0.05) is 38.3 Å². The van der Waals surface area contributed by atoms with Gasteiger partial charge in [0.1, 0.15) is 0 Å². The van der Waals surface area contributed by atoms with Crippen LogP contribution in [0.25, 0.3) is 11.1 Å². The first-order valence-corrected chi connectivity index (χ1v) is 12.2. The molecule has 2 aromatic rings. The van der Waals surface area contributed by atoms with Gasteiger partial charge in [0.2, 0.25) is 5.91 Å². The van der Waals surface area contributed by atoms with Gasteiger partial charge in [0.25, 0.3) is 0 Å². The summed E-state index contributed by atoms with van der Waals surface area (Å²) in [5.41, 5.74) is 4.77. The van der Waals surface area contributed by atoms with E-state index >= 15 is 0 Å². The summed E-state index contributed by atoms with van der Waals surface area (Å²) in [5.74, 6) is -0.936. The quantitative estimate of drug-likeness (QED) is 0.178. The zero-order valence-corrected chi connectivity index (χ0v) is 20.9. The molecule has 1 heterocycles. The number of amides is 1. The Morgan fingerprint density at radius 1 is 1.14 bits per heavy atom. The van der Waals surface area contributed by atoms with Crippen LogP contribution in [-0.2, 0) is 4.79 Å². The van der Waals surface area contributed by atoms with Gasteiger partial charge in [-0.1, -0.05) is 79.4 Å². The smallest absolute Gasteiger partial charge is 0.335 e. The van der Waals surface area contributed by atoms with Gasteiger partial charge in [-0.25, -0.2) is 4.79 Å². The Morgan fingerprint density at radius 2 is 1.78 bits per heavy atom. The van der Waals surface area contributed by atoms with E-state index < -0.39 is 5.97 Å². The van der Waals surface area contributed by atoms with Gasteiger partial charge in [-0.15, -0.1) is 0 Å². The second-order valence-corrected chi connectivity index (χ2v) is 9.13. The maximum Gasteiger partial charge on any atom is 0.335 e. The number of carboxylic acid groups (broad SMARTS) is 1. The number of hydrogen-bond acceptors (Lipinski definition) is 4. The molecule has 1 unspecified atom stereocenters. The first kappa shape index (κ1) is 26.7. The number of rotatable bonds is 10. The Hall–Kier alpha value is -3.93. The molecule has 1 aliphatic heterocycles. The highest BCUT2D eigenvalue weighted by molar-refractivity contribution is 5.90. The van der Waals surface area contributed by atoms with Crippen LogP contribution in [0.1, 0.15) is 54.4 Å². The fourth-order valence-electron chi connectivity index (χ4n) is 4.47. The molecule has 2 N–H and O–H groups in total. The number of carboxylic acids is 1. The summed E-state index contributed by atoms with van der Waals surface area (Å²) < 4.78 is 0. The molecule has 1 aliphatic rings. The van der Waals surface area contributed by atoms with Crippen LogP contribution in [0.15, 0.2) is 90.1 Å². The van der Waals surface area contributed by atoms with E-state index in [1.165, 1.54) is 0 Å². The number of carbonyl (C=O) groups is 2. The van der Waals surface area contributed by atoms with Gasteiger partial charge in [0.05, 0.1) is 11.3 Å². The number of benzene rings is 2. The largest absolute Gasteiger partial charge is 0.478 e. The monoisotopic (exact) mass is 486 g/mol. The van der Waals surface area contributed by atoms with Crippen molar-refractivity contribution in [3.63, 3.8) is 0 Å². The predicted octanol–water partition coefficient (Wildman–Crippen LogP) is 6.30. The normalized spacial score (nSPS) is 17.6. The topological polar surface area (TPSA) is 90.2 Å². The van der Waals surface area contributed by atoms with E-state index in [9.17, 15) is 14.8 Å². The van der Waals surface area contributed by atoms with E-state index in [-0.39, 0.29) is 23.3 Å². The van der Waals surface area contributed by atoms with Gasteiger partial charge < -0.3 is 15.2 Å². The SMILES string of the molecule is C=C(/C=C\C=C/CC)[C@H](C/C(=N\O)C1CCC(=O)N(C)C1)c1ccc(-c2ccc(C(=O)O)cc2)cc1. The summed E-state index contributed by atoms with van der Waals surface area (Å²) in [6, 6.07) is 14.9. The average molecular weight is 487 g/mol. The third kappa shape index (κ3) is 6.81.